The van der Waals surface area contributed by atoms with Crippen molar-refractivity contribution in [3.05, 3.63) is 23.3 Å². The van der Waals surface area contributed by atoms with E-state index in [2.05, 4.69) is 16.3 Å². The molecule has 0 aliphatic rings. The highest BCUT2D eigenvalue weighted by Crippen LogP contribution is 2.20. The number of fused-ring (bicyclic) bond motifs is 1. The van der Waals surface area contributed by atoms with Gasteiger partial charge in [-0.25, -0.2) is 0 Å². The summed E-state index contributed by atoms with van der Waals surface area (Å²) in [5.41, 5.74) is 1.07. The van der Waals surface area contributed by atoms with Crippen molar-refractivity contribution >= 4 is 22.4 Å². The first-order chi connectivity index (χ1) is 5.42. The molecule has 0 amide bonds. The van der Waals surface area contributed by atoms with Gasteiger partial charge in [-0.15, -0.1) is 0 Å². The molecule has 0 saturated heterocycles. The molecule has 2 nitrogen and oxygen atoms in total. The molecule has 0 radical (unpaired) electrons. The molecule has 56 valence electrons. The van der Waals surface area contributed by atoms with Gasteiger partial charge in [-0.3, -0.25) is 4.98 Å². The number of pyridine rings is 1. The van der Waals surface area contributed by atoms with Crippen molar-refractivity contribution in [2.75, 3.05) is 0 Å². The molecule has 0 spiro atoms. The summed E-state index contributed by atoms with van der Waals surface area (Å²) < 4.78 is 4.29. The van der Waals surface area contributed by atoms with Crippen molar-refractivity contribution in [3.8, 4) is 0 Å². The molecule has 2 rings (SSSR count). The van der Waals surface area contributed by atoms with Crippen LogP contribution in [0, 0.1) is 0 Å². The Morgan fingerprint density at radius 3 is 3.27 bits per heavy atom. The van der Waals surface area contributed by atoms with E-state index in [1.165, 1.54) is 10.3 Å². The fourth-order valence-corrected chi connectivity index (χ4v) is 1.84. The maximum Gasteiger partial charge on any atom is 0.0874 e. The van der Waals surface area contributed by atoms with Gasteiger partial charge in [-0.05, 0) is 24.0 Å². The molecule has 0 atom stereocenters. The highest BCUT2D eigenvalue weighted by molar-refractivity contribution is 7.07. The summed E-state index contributed by atoms with van der Waals surface area (Å²) in [5, 5.41) is 1.21. The number of rotatable bonds is 1. The summed E-state index contributed by atoms with van der Waals surface area (Å²) in [6.45, 7) is 2.14. The van der Waals surface area contributed by atoms with E-state index >= 15 is 0 Å². The van der Waals surface area contributed by atoms with Crippen molar-refractivity contribution in [2.24, 2.45) is 0 Å². The van der Waals surface area contributed by atoms with Crippen molar-refractivity contribution < 1.29 is 0 Å². The molecule has 0 aromatic carbocycles. The predicted molar refractivity (Wildman–Crippen MR) is 46.8 cm³/mol. The van der Waals surface area contributed by atoms with Gasteiger partial charge in [0.25, 0.3) is 0 Å². The number of aryl methyl sites for hydroxylation is 1. The van der Waals surface area contributed by atoms with Crippen molar-refractivity contribution in [1.82, 2.24) is 9.36 Å². The molecule has 2 aromatic rings. The predicted octanol–water partition coefficient (Wildman–Crippen LogP) is 2.25. The standard InChI is InChI=1S/C8H8N2S/c1-2-8-6-5-9-4-3-7(6)10-11-8/h3-5H,2H2,1H3. The Bertz CT molecular complexity index is 367. The number of nitrogens with zero attached hydrogens (tertiary/aromatic N) is 2. The number of hydrogen-bond acceptors (Lipinski definition) is 3. The maximum absolute atomic E-state index is 4.29. The molecule has 0 unspecified atom stereocenters. The summed E-state index contributed by atoms with van der Waals surface area (Å²) in [6.07, 6.45) is 4.71. The summed E-state index contributed by atoms with van der Waals surface area (Å²) in [4.78, 5) is 5.39. The normalized spacial score (nSPS) is 10.6. The summed E-state index contributed by atoms with van der Waals surface area (Å²) in [7, 11) is 0. The second kappa shape index (κ2) is 2.58. The molecular weight excluding hydrogens is 156 g/mol. The first-order valence-electron chi connectivity index (χ1n) is 3.60. The second-order valence-electron chi connectivity index (χ2n) is 2.35. The molecule has 0 fully saturated rings. The van der Waals surface area contributed by atoms with E-state index in [4.69, 9.17) is 0 Å². The van der Waals surface area contributed by atoms with Crippen LogP contribution in [0.1, 0.15) is 11.8 Å². The Morgan fingerprint density at radius 1 is 1.55 bits per heavy atom. The maximum atomic E-state index is 4.29. The van der Waals surface area contributed by atoms with Gasteiger partial charge in [-0.1, -0.05) is 6.92 Å². The van der Waals surface area contributed by atoms with Crippen LogP contribution in [0.5, 0.6) is 0 Å². The summed E-state index contributed by atoms with van der Waals surface area (Å²) in [6, 6.07) is 1.95. The minimum atomic E-state index is 1.05. The second-order valence-corrected chi connectivity index (χ2v) is 3.21. The van der Waals surface area contributed by atoms with Gasteiger partial charge >= 0.3 is 0 Å². The summed E-state index contributed by atoms with van der Waals surface area (Å²) in [5.74, 6) is 0. The highest BCUT2D eigenvalue weighted by Gasteiger charge is 2.01. The molecule has 0 N–H and O–H groups in total. The van der Waals surface area contributed by atoms with Gasteiger partial charge in [0.05, 0.1) is 5.52 Å². The van der Waals surface area contributed by atoms with Crippen LogP contribution in [0.15, 0.2) is 18.5 Å². The first kappa shape index (κ1) is 6.73. The minimum absolute atomic E-state index is 1.05. The highest BCUT2D eigenvalue weighted by atomic mass is 32.1. The van der Waals surface area contributed by atoms with E-state index in [0.29, 0.717) is 0 Å². The number of hydrogen-bond donors (Lipinski definition) is 0. The van der Waals surface area contributed by atoms with E-state index < -0.39 is 0 Å². The van der Waals surface area contributed by atoms with E-state index in [-0.39, 0.29) is 0 Å². The van der Waals surface area contributed by atoms with Gasteiger partial charge in [0.1, 0.15) is 0 Å². The first-order valence-corrected chi connectivity index (χ1v) is 4.37. The van der Waals surface area contributed by atoms with E-state index in [0.717, 1.165) is 11.9 Å². The lowest BCUT2D eigenvalue weighted by molar-refractivity contribution is 1.20. The van der Waals surface area contributed by atoms with Crippen LogP contribution in [0.4, 0.5) is 0 Å². The van der Waals surface area contributed by atoms with Crippen molar-refractivity contribution in [2.45, 2.75) is 13.3 Å². The lowest BCUT2D eigenvalue weighted by Crippen LogP contribution is -1.74. The van der Waals surface area contributed by atoms with Gasteiger partial charge in [-0.2, -0.15) is 4.37 Å². The Hall–Kier alpha value is -0.960. The third-order valence-corrected chi connectivity index (χ3v) is 2.69. The smallest absolute Gasteiger partial charge is 0.0874 e. The Kier molecular flexibility index (Phi) is 1.58. The SMILES string of the molecule is CCc1snc2ccncc12. The Labute approximate surface area is 69.1 Å². The molecule has 2 aromatic heterocycles. The van der Waals surface area contributed by atoms with E-state index in [1.807, 2.05) is 12.3 Å². The third-order valence-electron chi connectivity index (χ3n) is 1.67. The van der Waals surface area contributed by atoms with E-state index in [9.17, 15) is 0 Å². The molecule has 3 heteroatoms. The third kappa shape index (κ3) is 1.01. The van der Waals surface area contributed by atoms with Gasteiger partial charge in [0.15, 0.2) is 0 Å². The van der Waals surface area contributed by atoms with Crippen LogP contribution in [-0.4, -0.2) is 9.36 Å². The van der Waals surface area contributed by atoms with Gasteiger partial charge < -0.3 is 0 Å². The van der Waals surface area contributed by atoms with Crippen LogP contribution < -0.4 is 0 Å². The fraction of sp³-hybridized carbons (Fsp3) is 0.250. The molecular formula is C8H8N2S. The Balaban J connectivity index is 2.76. The van der Waals surface area contributed by atoms with E-state index in [1.54, 1.807) is 17.7 Å². The Morgan fingerprint density at radius 2 is 2.45 bits per heavy atom. The molecule has 0 bridgehead atoms. The average Bonchev–Trinajstić information content (AvgIpc) is 2.47. The van der Waals surface area contributed by atoms with Crippen LogP contribution in [-0.2, 0) is 6.42 Å². The van der Waals surface area contributed by atoms with Crippen molar-refractivity contribution in [1.29, 1.82) is 0 Å². The monoisotopic (exact) mass is 164 g/mol. The van der Waals surface area contributed by atoms with Crippen LogP contribution in [0.3, 0.4) is 0 Å². The van der Waals surface area contributed by atoms with Crippen LogP contribution in [0.25, 0.3) is 10.9 Å². The zero-order valence-electron chi connectivity index (χ0n) is 6.24. The lowest BCUT2D eigenvalue weighted by atomic mass is 10.2. The van der Waals surface area contributed by atoms with Gasteiger partial charge in [0, 0.05) is 22.7 Å². The topological polar surface area (TPSA) is 25.8 Å². The molecule has 11 heavy (non-hydrogen) atoms. The minimum Gasteiger partial charge on any atom is -0.264 e. The quantitative estimate of drug-likeness (QED) is 0.646. The molecule has 0 aliphatic carbocycles. The zero-order valence-corrected chi connectivity index (χ0v) is 7.06. The summed E-state index contributed by atoms with van der Waals surface area (Å²) >= 11 is 1.57. The molecule has 2 heterocycles. The van der Waals surface area contributed by atoms with Crippen molar-refractivity contribution in [3.63, 3.8) is 0 Å². The van der Waals surface area contributed by atoms with Gasteiger partial charge in [0.2, 0.25) is 0 Å². The molecule has 0 saturated carbocycles. The van der Waals surface area contributed by atoms with Crippen LogP contribution >= 0.6 is 11.5 Å². The molecule has 0 aliphatic heterocycles. The largest absolute Gasteiger partial charge is 0.264 e. The number of aromatic nitrogens is 2. The average molecular weight is 164 g/mol. The van der Waals surface area contributed by atoms with Crippen LogP contribution in [0.2, 0.25) is 0 Å². The zero-order chi connectivity index (χ0) is 7.68. The lowest BCUT2D eigenvalue weighted by Gasteiger charge is -1.87. The fourth-order valence-electron chi connectivity index (χ4n) is 1.09.